The van der Waals surface area contributed by atoms with Gasteiger partial charge in [0.2, 0.25) is 0 Å². The Balaban J connectivity index is 2.39. The van der Waals surface area contributed by atoms with Crippen molar-refractivity contribution in [2.75, 3.05) is 0 Å². The molecule has 0 aromatic rings. The van der Waals surface area contributed by atoms with Crippen LogP contribution >= 0.6 is 0 Å². The summed E-state index contributed by atoms with van der Waals surface area (Å²) >= 11 is 0. The highest BCUT2D eigenvalue weighted by atomic mass is 16.3. The van der Waals surface area contributed by atoms with Crippen LogP contribution in [0.3, 0.4) is 0 Å². The summed E-state index contributed by atoms with van der Waals surface area (Å²) in [5.74, 6) is 3.12. The molecule has 1 saturated carbocycles. The lowest BCUT2D eigenvalue weighted by Gasteiger charge is -2.45. The maximum absolute atomic E-state index is 10.1. The zero-order chi connectivity index (χ0) is 11.1. The summed E-state index contributed by atoms with van der Waals surface area (Å²) in [5, 5.41) is 10.1. The van der Waals surface area contributed by atoms with Crippen LogP contribution in [0.2, 0.25) is 0 Å². The van der Waals surface area contributed by atoms with Gasteiger partial charge < -0.3 is 5.11 Å². The Labute approximate surface area is 92.6 Å². The minimum Gasteiger partial charge on any atom is -0.374 e. The monoisotopic (exact) mass is 204 g/mol. The topological polar surface area (TPSA) is 20.2 Å². The fraction of sp³-hybridized carbons (Fsp3) is 0.714. The van der Waals surface area contributed by atoms with Crippen molar-refractivity contribution >= 4 is 0 Å². The highest BCUT2D eigenvalue weighted by Crippen LogP contribution is 2.51. The van der Waals surface area contributed by atoms with E-state index in [1.807, 2.05) is 6.08 Å². The first-order valence-corrected chi connectivity index (χ1v) is 5.92. The van der Waals surface area contributed by atoms with Crippen LogP contribution in [0.15, 0.2) is 11.6 Å². The average molecular weight is 204 g/mol. The molecule has 2 rings (SSSR count). The summed E-state index contributed by atoms with van der Waals surface area (Å²) in [7, 11) is 0. The first-order chi connectivity index (χ1) is 6.99. The van der Waals surface area contributed by atoms with Crippen molar-refractivity contribution in [2.24, 2.45) is 11.3 Å². The van der Waals surface area contributed by atoms with Crippen LogP contribution in [0, 0.1) is 23.7 Å². The van der Waals surface area contributed by atoms with Gasteiger partial charge in [0, 0.05) is 0 Å². The third-order valence-electron chi connectivity index (χ3n) is 4.30. The smallest absolute Gasteiger partial charge is 0.144 e. The van der Waals surface area contributed by atoms with Crippen LogP contribution in [0.4, 0.5) is 0 Å². The van der Waals surface area contributed by atoms with E-state index in [-0.39, 0.29) is 0 Å². The summed E-state index contributed by atoms with van der Waals surface area (Å²) in [5.41, 5.74) is 0.738. The Morgan fingerprint density at radius 2 is 2.20 bits per heavy atom. The predicted octanol–water partition coefficient (Wildman–Crippen LogP) is 2.90. The number of fused-ring (bicyclic) bond motifs is 1. The molecule has 0 amide bonds. The molecule has 3 unspecified atom stereocenters. The van der Waals surface area contributed by atoms with E-state index in [1.54, 1.807) is 0 Å². The molecule has 2 aliphatic carbocycles. The first kappa shape index (κ1) is 10.8. The fourth-order valence-electron chi connectivity index (χ4n) is 3.19. The first-order valence-electron chi connectivity index (χ1n) is 5.92. The Morgan fingerprint density at radius 1 is 1.47 bits per heavy atom. The van der Waals surface area contributed by atoms with Crippen LogP contribution < -0.4 is 0 Å². The molecule has 1 fully saturated rings. The maximum Gasteiger partial charge on any atom is 0.144 e. The molecule has 0 radical (unpaired) electrons. The Hall–Kier alpha value is -0.740. The van der Waals surface area contributed by atoms with Crippen molar-refractivity contribution in [3.05, 3.63) is 11.6 Å². The van der Waals surface area contributed by atoms with E-state index >= 15 is 0 Å². The molecule has 0 bridgehead atoms. The van der Waals surface area contributed by atoms with Gasteiger partial charge in [-0.2, -0.15) is 0 Å². The second-order valence-electron chi connectivity index (χ2n) is 5.52. The quantitative estimate of drug-likeness (QED) is 0.475. The second kappa shape index (κ2) is 3.39. The minimum absolute atomic E-state index is 0.306. The standard InChI is InChI=1S/C14H20O/c1-4-14(15)9-8-13(3)7-5-6-11(2)12(13)10-14/h1,10-11,15H,5-9H2,2-3H3. The molecule has 0 spiro atoms. The molecule has 0 saturated heterocycles. The zero-order valence-electron chi connectivity index (χ0n) is 9.71. The lowest BCUT2D eigenvalue weighted by atomic mass is 9.60. The zero-order valence-corrected chi connectivity index (χ0v) is 9.71. The summed E-state index contributed by atoms with van der Waals surface area (Å²) in [6.07, 6.45) is 12.9. The van der Waals surface area contributed by atoms with E-state index in [9.17, 15) is 5.11 Å². The van der Waals surface area contributed by atoms with Gasteiger partial charge in [-0.25, -0.2) is 0 Å². The summed E-state index contributed by atoms with van der Waals surface area (Å²) < 4.78 is 0. The normalized spacial score (nSPS) is 45.2. The number of allylic oxidation sites excluding steroid dienone is 1. The van der Waals surface area contributed by atoms with Gasteiger partial charge in [0.15, 0.2) is 0 Å². The van der Waals surface area contributed by atoms with Crippen molar-refractivity contribution in [3.63, 3.8) is 0 Å². The average Bonchev–Trinajstić information content (AvgIpc) is 2.21. The highest BCUT2D eigenvalue weighted by molar-refractivity contribution is 5.32. The third-order valence-corrected chi connectivity index (χ3v) is 4.30. The van der Waals surface area contributed by atoms with E-state index in [4.69, 9.17) is 6.42 Å². The Morgan fingerprint density at radius 3 is 2.87 bits per heavy atom. The van der Waals surface area contributed by atoms with Crippen LogP contribution in [-0.2, 0) is 0 Å². The van der Waals surface area contributed by atoms with Gasteiger partial charge in [0.05, 0.1) is 0 Å². The van der Waals surface area contributed by atoms with E-state index in [0.717, 1.165) is 12.8 Å². The maximum atomic E-state index is 10.1. The molecular formula is C14H20O. The molecule has 15 heavy (non-hydrogen) atoms. The van der Waals surface area contributed by atoms with Gasteiger partial charge in [-0.15, -0.1) is 6.42 Å². The number of hydrogen-bond donors (Lipinski definition) is 1. The lowest BCUT2D eigenvalue weighted by molar-refractivity contribution is 0.0921. The second-order valence-corrected chi connectivity index (χ2v) is 5.52. The van der Waals surface area contributed by atoms with E-state index in [1.165, 1.54) is 24.8 Å². The Kier molecular flexibility index (Phi) is 2.43. The number of rotatable bonds is 0. The van der Waals surface area contributed by atoms with E-state index < -0.39 is 5.60 Å². The van der Waals surface area contributed by atoms with Gasteiger partial charge in [0.25, 0.3) is 0 Å². The van der Waals surface area contributed by atoms with Crippen LogP contribution in [0.1, 0.15) is 46.0 Å². The molecule has 82 valence electrons. The third kappa shape index (κ3) is 1.72. The van der Waals surface area contributed by atoms with Crippen molar-refractivity contribution < 1.29 is 5.11 Å². The van der Waals surface area contributed by atoms with Crippen LogP contribution in [-0.4, -0.2) is 10.7 Å². The Bertz CT molecular complexity index is 336. The number of terminal acetylenes is 1. The lowest BCUT2D eigenvalue weighted by Crippen LogP contribution is -2.39. The summed E-state index contributed by atoms with van der Waals surface area (Å²) in [4.78, 5) is 0. The highest BCUT2D eigenvalue weighted by Gasteiger charge is 2.42. The van der Waals surface area contributed by atoms with Gasteiger partial charge >= 0.3 is 0 Å². The molecule has 3 atom stereocenters. The molecule has 1 heteroatoms. The fourth-order valence-corrected chi connectivity index (χ4v) is 3.19. The number of hydrogen-bond acceptors (Lipinski definition) is 1. The molecule has 0 heterocycles. The largest absolute Gasteiger partial charge is 0.374 e. The summed E-state index contributed by atoms with van der Waals surface area (Å²) in [6, 6.07) is 0. The van der Waals surface area contributed by atoms with Crippen molar-refractivity contribution in [1.82, 2.24) is 0 Å². The van der Waals surface area contributed by atoms with Crippen molar-refractivity contribution in [2.45, 2.75) is 51.6 Å². The van der Waals surface area contributed by atoms with Gasteiger partial charge in [-0.1, -0.05) is 31.8 Å². The van der Waals surface area contributed by atoms with E-state index in [2.05, 4.69) is 19.8 Å². The van der Waals surface area contributed by atoms with Gasteiger partial charge in [0.1, 0.15) is 5.60 Å². The molecule has 0 aliphatic heterocycles. The summed E-state index contributed by atoms with van der Waals surface area (Å²) in [6.45, 7) is 4.58. The van der Waals surface area contributed by atoms with Gasteiger partial charge in [-0.05, 0) is 43.1 Å². The van der Waals surface area contributed by atoms with Crippen LogP contribution in [0.25, 0.3) is 0 Å². The van der Waals surface area contributed by atoms with E-state index in [0.29, 0.717) is 11.3 Å². The molecule has 2 aliphatic rings. The predicted molar refractivity (Wildman–Crippen MR) is 62.2 cm³/mol. The molecular weight excluding hydrogens is 184 g/mol. The molecule has 1 N–H and O–H groups in total. The van der Waals surface area contributed by atoms with Crippen LogP contribution in [0.5, 0.6) is 0 Å². The molecule has 1 nitrogen and oxygen atoms in total. The van der Waals surface area contributed by atoms with Gasteiger partial charge in [-0.3, -0.25) is 0 Å². The molecule has 0 aromatic carbocycles. The van der Waals surface area contributed by atoms with Crippen molar-refractivity contribution in [1.29, 1.82) is 0 Å². The SMILES string of the molecule is C#CC1(O)C=C2C(C)CCCC2(C)CC1. The number of aliphatic hydroxyl groups is 1. The molecule has 0 aromatic heterocycles. The van der Waals surface area contributed by atoms with Crippen molar-refractivity contribution in [3.8, 4) is 12.3 Å². The minimum atomic E-state index is -0.972.